The third kappa shape index (κ3) is 3.55. The van der Waals surface area contributed by atoms with Crippen molar-refractivity contribution < 1.29 is 14.3 Å². The molecule has 1 aromatic rings. The van der Waals surface area contributed by atoms with Crippen LogP contribution in [0.1, 0.15) is 23.1 Å². The predicted octanol–water partition coefficient (Wildman–Crippen LogP) is 1.27. The number of amides is 1. The lowest BCUT2D eigenvalue weighted by atomic mass is 10.1. The second kappa shape index (κ2) is 6.14. The largest absolute Gasteiger partial charge is 0.469 e. The summed E-state index contributed by atoms with van der Waals surface area (Å²) in [5.74, 6) is -0.880. The monoisotopic (exact) mass is 250 g/mol. The Labute approximate surface area is 107 Å². The summed E-state index contributed by atoms with van der Waals surface area (Å²) in [6, 6.07) is 5.27. The van der Waals surface area contributed by atoms with E-state index in [4.69, 9.17) is 0 Å². The van der Waals surface area contributed by atoms with Crippen LogP contribution in [-0.2, 0) is 9.53 Å². The fourth-order valence-corrected chi connectivity index (χ4v) is 1.63. The van der Waals surface area contributed by atoms with E-state index in [0.717, 1.165) is 5.69 Å². The third-order valence-electron chi connectivity index (χ3n) is 2.61. The van der Waals surface area contributed by atoms with Crippen LogP contribution in [0.15, 0.2) is 18.2 Å². The standard InChI is InChI=1S/C13H18N2O3/c1-9(13(17)18-4)8-15(3)12(16)11-7-5-6-10(2)14-11/h5-7,9H,8H2,1-4H3. The summed E-state index contributed by atoms with van der Waals surface area (Å²) < 4.78 is 4.62. The highest BCUT2D eigenvalue weighted by Gasteiger charge is 2.20. The molecule has 1 heterocycles. The summed E-state index contributed by atoms with van der Waals surface area (Å²) in [6.07, 6.45) is 0. The number of rotatable bonds is 4. The number of carbonyl (C=O) groups excluding carboxylic acids is 2. The zero-order chi connectivity index (χ0) is 13.7. The molecule has 0 N–H and O–H groups in total. The van der Waals surface area contributed by atoms with Gasteiger partial charge in [0.15, 0.2) is 0 Å². The molecule has 1 unspecified atom stereocenters. The molecule has 1 amide bonds. The van der Waals surface area contributed by atoms with Gasteiger partial charge in [-0.2, -0.15) is 0 Å². The first-order valence-electron chi connectivity index (χ1n) is 5.72. The Hall–Kier alpha value is -1.91. The average molecular weight is 250 g/mol. The third-order valence-corrected chi connectivity index (χ3v) is 2.61. The molecule has 0 aliphatic rings. The molecule has 98 valence electrons. The number of hydrogen-bond acceptors (Lipinski definition) is 4. The molecule has 5 nitrogen and oxygen atoms in total. The van der Waals surface area contributed by atoms with Crippen LogP contribution in [0.25, 0.3) is 0 Å². The van der Waals surface area contributed by atoms with E-state index in [1.165, 1.54) is 12.0 Å². The van der Waals surface area contributed by atoms with E-state index < -0.39 is 0 Å². The van der Waals surface area contributed by atoms with Crippen molar-refractivity contribution in [2.45, 2.75) is 13.8 Å². The SMILES string of the molecule is COC(=O)C(C)CN(C)C(=O)c1cccc(C)n1. The number of nitrogens with zero attached hydrogens (tertiary/aromatic N) is 2. The molecule has 18 heavy (non-hydrogen) atoms. The Kier molecular flexibility index (Phi) is 4.83. The van der Waals surface area contributed by atoms with Gasteiger partial charge >= 0.3 is 5.97 Å². The second-order valence-electron chi connectivity index (χ2n) is 4.27. The fourth-order valence-electron chi connectivity index (χ4n) is 1.63. The molecule has 0 aliphatic carbocycles. The Morgan fingerprint density at radius 3 is 2.67 bits per heavy atom. The molecule has 5 heteroatoms. The van der Waals surface area contributed by atoms with Gasteiger partial charge in [0.05, 0.1) is 13.0 Å². The first-order chi connectivity index (χ1) is 8.45. The molecule has 0 saturated heterocycles. The van der Waals surface area contributed by atoms with Crippen molar-refractivity contribution in [3.63, 3.8) is 0 Å². The Bertz CT molecular complexity index is 446. The molecule has 0 radical (unpaired) electrons. The minimum absolute atomic E-state index is 0.200. The molecule has 0 saturated carbocycles. The molecule has 0 aliphatic heterocycles. The number of ether oxygens (including phenoxy) is 1. The molecule has 0 aromatic carbocycles. The molecule has 1 atom stereocenters. The predicted molar refractivity (Wildman–Crippen MR) is 67.1 cm³/mol. The van der Waals surface area contributed by atoms with Gasteiger partial charge in [0.1, 0.15) is 5.69 Å². The number of methoxy groups -OCH3 is 1. The van der Waals surface area contributed by atoms with E-state index in [1.54, 1.807) is 26.1 Å². The molecule has 1 aromatic heterocycles. The van der Waals surface area contributed by atoms with Crippen molar-refractivity contribution in [1.82, 2.24) is 9.88 Å². The number of esters is 1. The van der Waals surface area contributed by atoms with E-state index in [0.29, 0.717) is 12.2 Å². The number of pyridine rings is 1. The maximum absolute atomic E-state index is 12.1. The van der Waals surface area contributed by atoms with Crippen LogP contribution in [0, 0.1) is 12.8 Å². The van der Waals surface area contributed by atoms with Gasteiger partial charge in [-0.1, -0.05) is 13.0 Å². The van der Waals surface area contributed by atoms with E-state index in [1.807, 2.05) is 13.0 Å². The van der Waals surface area contributed by atoms with Crippen molar-refractivity contribution in [3.05, 3.63) is 29.6 Å². The molecule has 1 rings (SSSR count). The van der Waals surface area contributed by atoms with Crippen LogP contribution >= 0.6 is 0 Å². The molecular weight excluding hydrogens is 232 g/mol. The maximum Gasteiger partial charge on any atom is 0.310 e. The number of aromatic nitrogens is 1. The maximum atomic E-state index is 12.1. The summed E-state index contributed by atoms with van der Waals surface area (Å²) in [5, 5.41) is 0. The number of hydrogen-bond donors (Lipinski definition) is 0. The summed E-state index contributed by atoms with van der Waals surface area (Å²) in [6.45, 7) is 3.86. The lowest BCUT2D eigenvalue weighted by Gasteiger charge is -2.20. The van der Waals surface area contributed by atoms with Crippen LogP contribution in [-0.4, -0.2) is 42.5 Å². The lowest BCUT2D eigenvalue weighted by molar-refractivity contribution is -0.145. The topological polar surface area (TPSA) is 59.5 Å². The van der Waals surface area contributed by atoms with E-state index in [2.05, 4.69) is 9.72 Å². The van der Waals surface area contributed by atoms with Crippen molar-refractivity contribution in [2.75, 3.05) is 20.7 Å². The zero-order valence-corrected chi connectivity index (χ0v) is 11.1. The smallest absolute Gasteiger partial charge is 0.310 e. The summed E-state index contributed by atoms with van der Waals surface area (Å²) >= 11 is 0. The van der Waals surface area contributed by atoms with Gasteiger partial charge in [0.2, 0.25) is 0 Å². The highest BCUT2D eigenvalue weighted by molar-refractivity contribution is 5.92. The molecule has 0 fully saturated rings. The van der Waals surface area contributed by atoms with Gasteiger partial charge in [-0.05, 0) is 19.1 Å². The van der Waals surface area contributed by atoms with Crippen molar-refractivity contribution in [1.29, 1.82) is 0 Å². The van der Waals surface area contributed by atoms with Crippen molar-refractivity contribution in [2.24, 2.45) is 5.92 Å². The molecule has 0 bridgehead atoms. The van der Waals surface area contributed by atoms with Crippen molar-refractivity contribution >= 4 is 11.9 Å². The lowest BCUT2D eigenvalue weighted by Crippen LogP contribution is -2.34. The first kappa shape index (κ1) is 14.2. The van der Waals surface area contributed by atoms with Crippen LogP contribution in [0.3, 0.4) is 0 Å². The molecular formula is C13H18N2O3. The second-order valence-corrected chi connectivity index (χ2v) is 4.27. The van der Waals surface area contributed by atoms with Crippen molar-refractivity contribution in [3.8, 4) is 0 Å². The van der Waals surface area contributed by atoms with Crippen LogP contribution in [0.5, 0.6) is 0 Å². The Balaban J connectivity index is 2.70. The molecule has 0 spiro atoms. The number of aryl methyl sites for hydroxylation is 1. The van der Waals surface area contributed by atoms with Gasteiger partial charge < -0.3 is 9.64 Å². The van der Waals surface area contributed by atoms with E-state index in [-0.39, 0.29) is 17.8 Å². The van der Waals surface area contributed by atoms with Gasteiger partial charge in [-0.15, -0.1) is 0 Å². The van der Waals surface area contributed by atoms with Crippen LogP contribution in [0.2, 0.25) is 0 Å². The minimum Gasteiger partial charge on any atom is -0.469 e. The summed E-state index contributed by atoms with van der Waals surface area (Å²) in [5.41, 5.74) is 1.17. The van der Waals surface area contributed by atoms with Crippen LogP contribution < -0.4 is 0 Å². The summed E-state index contributed by atoms with van der Waals surface area (Å²) in [7, 11) is 2.98. The Morgan fingerprint density at radius 1 is 1.44 bits per heavy atom. The highest BCUT2D eigenvalue weighted by atomic mass is 16.5. The zero-order valence-electron chi connectivity index (χ0n) is 11.1. The quantitative estimate of drug-likeness (QED) is 0.755. The van der Waals surface area contributed by atoms with Gasteiger partial charge in [0.25, 0.3) is 5.91 Å². The Morgan fingerprint density at radius 2 is 2.11 bits per heavy atom. The van der Waals surface area contributed by atoms with Gasteiger partial charge in [0, 0.05) is 19.3 Å². The van der Waals surface area contributed by atoms with Gasteiger partial charge in [-0.25, -0.2) is 4.98 Å². The number of carbonyl (C=O) groups is 2. The van der Waals surface area contributed by atoms with Crippen LogP contribution in [0.4, 0.5) is 0 Å². The fraction of sp³-hybridized carbons (Fsp3) is 0.462. The minimum atomic E-state index is -0.353. The summed E-state index contributed by atoms with van der Waals surface area (Å²) in [4.78, 5) is 29.0. The normalized spacial score (nSPS) is 11.8. The average Bonchev–Trinajstić information content (AvgIpc) is 2.36. The van der Waals surface area contributed by atoms with E-state index >= 15 is 0 Å². The van der Waals surface area contributed by atoms with Gasteiger partial charge in [-0.3, -0.25) is 9.59 Å². The van der Waals surface area contributed by atoms with E-state index in [9.17, 15) is 9.59 Å². The first-order valence-corrected chi connectivity index (χ1v) is 5.72. The highest BCUT2D eigenvalue weighted by Crippen LogP contribution is 2.06.